The summed E-state index contributed by atoms with van der Waals surface area (Å²) in [5.41, 5.74) is 0. The van der Waals surface area contributed by atoms with Crippen LogP contribution >= 0.6 is 11.8 Å². The number of amides is 3. The van der Waals surface area contributed by atoms with Gasteiger partial charge in [-0.05, 0) is 37.8 Å². The Morgan fingerprint density at radius 1 is 1.03 bits per heavy atom. The maximum atomic E-state index is 12.5. The summed E-state index contributed by atoms with van der Waals surface area (Å²) in [6.07, 6.45) is 2.49. The molecule has 0 aromatic heterocycles. The SMILES string of the molecule is CSCCC(NC(=O)C(CO)NC(=O)C(CC(=O)O)NC(=O)C1CCCN1)C(=O)O. The van der Waals surface area contributed by atoms with Crippen molar-refractivity contribution in [2.24, 2.45) is 0 Å². The van der Waals surface area contributed by atoms with E-state index in [4.69, 9.17) is 5.11 Å². The highest BCUT2D eigenvalue weighted by Gasteiger charge is 2.32. The molecule has 12 nitrogen and oxygen atoms in total. The molecule has 1 fully saturated rings. The summed E-state index contributed by atoms with van der Waals surface area (Å²) in [6, 6.07) is -4.73. The van der Waals surface area contributed by atoms with Crippen molar-refractivity contribution in [3.05, 3.63) is 0 Å². The molecule has 3 amide bonds. The van der Waals surface area contributed by atoms with Gasteiger partial charge in [-0.25, -0.2) is 4.79 Å². The molecular weight excluding hydrogens is 420 g/mol. The van der Waals surface area contributed by atoms with Gasteiger partial charge in [0.15, 0.2) is 0 Å². The van der Waals surface area contributed by atoms with Gasteiger partial charge in [-0.1, -0.05) is 0 Å². The number of hydrogen-bond donors (Lipinski definition) is 7. The van der Waals surface area contributed by atoms with E-state index in [1.54, 1.807) is 6.26 Å². The Kier molecular flexibility index (Phi) is 11.1. The fourth-order valence-corrected chi connectivity index (χ4v) is 3.27. The number of hydrogen-bond acceptors (Lipinski definition) is 8. The largest absolute Gasteiger partial charge is 0.481 e. The number of rotatable bonds is 13. The van der Waals surface area contributed by atoms with Gasteiger partial charge in [0.2, 0.25) is 17.7 Å². The van der Waals surface area contributed by atoms with Crippen LogP contribution in [0.1, 0.15) is 25.7 Å². The van der Waals surface area contributed by atoms with Crippen molar-refractivity contribution in [3.8, 4) is 0 Å². The minimum absolute atomic E-state index is 0.139. The van der Waals surface area contributed by atoms with Crippen molar-refractivity contribution in [1.82, 2.24) is 21.3 Å². The molecule has 1 saturated heterocycles. The van der Waals surface area contributed by atoms with Crippen molar-refractivity contribution >= 4 is 41.4 Å². The molecule has 0 aromatic carbocycles. The van der Waals surface area contributed by atoms with Gasteiger partial charge in [0, 0.05) is 0 Å². The molecule has 1 aliphatic rings. The predicted octanol–water partition coefficient (Wildman–Crippen LogP) is -2.50. The van der Waals surface area contributed by atoms with Gasteiger partial charge in [-0.15, -0.1) is 0 Å². The van der Waals surface area contributed by atoms with Crippen molar-refractivity contribution < 1.29 is 39.3 Å². The molecule has 170 valence electrons. The van der Waals surface area contributed by atoms with Crippen LogP contribution in [-0.4, -0.2) is 94.3 Å². The Hall–Kier alpha value is -2.38. The first-order valence-electron chi connectivity index (χ1n) is 9.38. The van der Waals surface area contributed by atoms with Gasteiger partial charge in [-0.2, -0.15) is 11.8 Å². The smallest absolute Gasteiger partial charge is 0.326 e. The first kappa shape index (κ1) is 25.7. The van der Waals surface area contributed by atoms with Crippen LogP contribution in [0.15, 0.2) is 0 Å². The number of carboxylic acids is 2. The molecule has 0 radical (unpaired) electrons. The van der Waals surface area contributed by atoms with Crippen LogP contribution in [0.3, 0.4) is 0 Å². The highest BCUT2D eigenvalue weighted by molar-refractivity contribution is 7.98. The molecule has 1 heterocycles. The lowest BCUT2D eigenvalue weighted by molar-refractivity contribution is -0.143. The van der Waals surface area contributed by atoms with Gasteiger partial charge in [0.1, 0.15) is 18.1 Å². The fraction of sp³-hybridized carbons (Fsp3) is 0.706. The molecule has 0 spiro atoms. The van der Waals surface area contributed by atoms with Gasteiger partial charge in [0.25, 0.3) is 0 Å². The van der Waals surface area contributed by atoms with E-state index >= 15 is 0 Å². The van der Waals surface area contributed by atoms with Crippen LogP contribution in [0.4, 0.5) is 0 Å². The maximum Gasteiger partial charge on any atom is 0.326 e. The Morgan fingerprint density at radius 3 is 2.17 bits per heavy atom. The summed E-state index contributed by atoms with van der Waals surface area (Å²) >= 11 is 1.39. The van der Waals surface area contributed by atoms with Crippen molar-refractivity contribution in [2.45, 2.75) is 49.9 Å². The minimum atomic E-state index is -1.51. The number of nitrogens with one attached hydrogen (secondary N) is 4. The molecule has 0 bridgehead atoms. The van der Waals surface area contributed by atoms with Crippen LogP contribution in [0.5, 0.6) is 0 Å². The summed E-state index contributed by atoms with van der Waals surface area (Å²) < 4.78 is 0. The summed E-state index contributed by atoms with van der Waals surface area (Å²) in [5, 5.41) is 37.3. The van der Waals surface area contributed by atoms with E-state index in [1.165, 1.54) is 11.8 Å². The second-order valence-corrected chi connectivity index (χ2v) is 7.72. The average molecular weight is 448 g/mol. The molecule has 0 aromatic rings. The molecule has 1 aliphatic heterocycles. The fourth-order valence-electron chi connectivity index (χ4n) is 2.80. The summed E-state index contributed by atoms with van der Waals surface area (Å²) in [7, 11) is 0. The zero-order chi connectivity index (χ0) is 22.7. The second kappa shape index (κ2) is 13.0. The highest BCUT2D eigenvalue weighted by atomic mass is 32.2. The van der Waals surface area contributed by atoms with Gasteiger partial charge < -0.3 is 36.6 Å². The Balaban J connectivity index is 2.77. The number of carbonyl (C=O) groups is 5. The summed E-state index contributed by atoms with van der Waals surface area (Å²) in [6.45, 7) is -0.216. The average Bonchev–Trinajstić information content (AvgIpc) is 3.22. The van der Waals surface area contributed by atoms with E-state index in [2.05, 4.69) is 21.3 Å². The molecule has 4 atom stereocenters. The van der Waals surface area contributed by atoms with Crippen LogP contribution in [0.2, 0.25) is 0 Å². The third kappa shape index (κ3) is 8.55. The van der Waals surface area contributed by atoms with Crippen LogP contribution in [0, 0.1) is 0 Å². The molecule has 13 heteroatoms. The number of aliphatic hydroxyl groups excluding tert-OH is 1. The van der Waals surface area contributed by atoms with Gasteiger partial charge >= 0.3 is 11.9 Å². The van der Waals surface area contributed by atoms with E-state index in [-0.39, 0.29) is 6.42 Å². The van der Waals surface area contributed by atoms with Gasteiger partial charge in [-0.3, -0.25) is 19.2 Å². The van der Waals surface area contributed by atoms with Crippen LogP contribution in [-0.2, 0) is 24.0 Å². The topological polar surface area (TPSA) is 194 Å². The van der Waals surface area contributed by atoms with E-state index < -0.39 is 66.9 Å². The zero-order valence-corrected chi connectivity index (χ0v) is 17.4. The Morgan fingerprint density at radius 2 is 1.67 bits per heavy atom. The lowest BCUT2D eigenvalue weighted by atomic mass is 10.1. The van der Waals surface area contributed by atoms with Crippen molar-refractivity contribution in [1.29, 1.82) is 0 Å². The summed E-state index contributed by atoms with van der Waals surface area (Å²) in [4.78, 5) is 59.3. The number of aliphatic carboxylic acids is 2. The minimum Gasteiger partial charge on any atom is -0.481 e. The third-order valence-corrected chi connectivity index (χ3v) is 5.07. The first-order valence-corrected chi connectivity index (χ1v) is 10.8. The van der Waals surface area contributed by atoms with Gasteiger partial charge in [0.05, 0.1) is 19.1 Å². The quantitative estimate of drug-likeness (QED) is 0.158. The number of aliphatic hydroxyl groups is 1. The van der Waals surface area contributed by atoms with Crippen LogP contribution < -0.4 is 21.3 Å². The number of carbonyl (C=O) groups excluding carboxylic acids is 3. The van der Waals surface area contributed by atoms with E-state index in [0.29, 0.717) is 18.7 Å². The third-order valence-electron chi connectivity index (χ3n) is 4.43. The molecule has 0 saturated carbocycles. The molecule has 7 N–H and O–H groups in total. The maximum absolute atomic E-state index is 12.5. The summed E-state index contributed by atoms with van der Waals surface area (Å²) in [5.74, 6) is -4.59. The second-order valence-electron chi connectivity index (χ2n) is 6.73. The number of thioether (sulfide) groups is 1. The first-order chi connectivity index (χ1) is 14.2. The molecule has 0 aliphatic carbocycles. The standard InChI is InChI=1S/C17H28N4O8S/c1-30-6-4-10(17(28)29)19-16(27)12(8-22)21-15(26)11(7-13(23)24)20-14(25)9-3-2-5-18-9/h9-12,18,22H,2-8H2,1H3,(H,19,27)(H,20,25)(H,21,26)(H,23,24)(H,28,29). The molecule has 4 unspecified atom stereocenters. The van der Waals surface area contributed by atoms with Crippen molar-refractivity contribution in [3.63, 3.8) is 0 Å². The van der Waals surface area contributed by atoms with E-state index in [9.17, 15) is 34.2 Å². The highest BCUT2D eigenvalue weighted by Crippen LogP contribution is 2.06. The predicted molar refractivity (Wildman–Crippen MR) is 107 cm³/mol. The van der Waals surface area contributed by atoms with E-state index in [1.807, 2.05) is 0 Å². The number of carboxylic acid groups (broad SMARTS) is 2. The molecular formula is C17H28N4O8S. The molecule has 30 heavy (non-hydrogen) atoms. The van der Waals surface area contributed by atoms with Crippen LogP contribution in [0.25, 0.3) is 0 Å². The lowest BCUT2D eigenvalue weighted by Gasteiger charge is -2.23. The van der Waals surface area contributed by atoms with E-state index in [0.717, 1.165) is 6.42 Å². The normalized spacial score (nSPS) is 18.7. The lowest BCUT2D eigenvalue weighted by Crippen LogP contribution is -2.58. The monoisotopic (exact) mass is 448 g/mol. The van der Waals surface area contributed by atoms with Crippen molar-refractivity contribution in [2.75, 3.05) is 25.2 Å². The molecule has 1 rings (SSSR count). The Labute approximate surface area is 177 Å². The Bertz CT molecular complexity index is 641. The zero-order valence-electron chi connectivity index (χ0n) is 16.6.